The van der Waals surface area contributed by atoms with Gasteiger partial charge in [0.05, 0.1) is 36.6 Å². The van der Waals surface area contributed by atoms with Crippen LogP contribution in [-0.2, 0) is 15.9 Å². The zero-order valence-corrected chi connectivity index (χ0v) is 19.6. The largest absolute Gasteiger partial charge is 0.465 e. The maximum absolute atomic E-state index is 11.7. The van der Waals surface area contributed by atoms with Crippen molar-refractivity contribution in [3.05, 3.63) is 86.6 Å². The minimum atomic E-state index is -0.365. The molecule has 33 heavy (non-hydrogen) atoms. The van der Waals surface area contributed by atoms with Gasteiger partial charge in [0.25, 0.3) is 0 Å². The van der Waals surface area contributed by atoms with Gasteiger partial charge in [-0.2, -0.15) is 0 Å². The zero-order valence-electron chi connectivity index (χ0n) is 18.8. The highest BCUT2D eigenvalue weighted by atomic mass is 32.1. The molecule has 4 rings (SSSR count). The summed E-state index contributed by atoms with van der Waals surface area (Å²) in [5.41, 5.74) is 6.32. The predicted molar refractivity (Wildman–Crippen MR) is 130 cm³/mol. The van der Waals surface area contributed by atoms with Crippen molar-refractivity contribution in [1.29, 1.82) is 0 Å². The first kappa shape index (κ1) is 22.6. The fourth-order valence-electron chi connectivity index (χ4n) is 3.79. The van der Waals surface area contributed by atoms with Gasteiger partial charge >= 0.3 is 11.9 Å². The van der Waals surface area contributed by atoms with Gasteiger partial charge in [-0.3, -0.25) is 10.3 Å². The molecule has 0 saturated heterocycles. The molecule has 0 fully saturated rings. The number of allylic oxidation sites excluding steroid dienone is 1. The molecule has 7 heteroatoms. The number of benzene rings is 2. The van der Waals surface area contributed by atoms with Crippen LogP contribution in [0.25, 0.3) is 5.70 Å². The molecule has 1 aliphatic rings. The van der Waals surface area contributed by atoms with Crippen molar-refractivity contribution in [2.45, 2.75) is 19.8 Å². The van der Waals surface area contributed by atoms with Crippen LogP contribution in [0.15, 0.2) is 65.2 Å². The zero-order chi connectivity index (χ0) is 23.4. The summed E-state index contributed by atoms with van der Waals surface area (Å²) in [4.78, 5) is 30.7. The van der Waals surface area contributed by atoms with E-state index in [0.717, 1.165) is 35.5 Å². The number of ether oxygens (including phenoxy) is 2. The number of hydrogen-bond acceptors (Lipinski definition) is 6. The molecule has 0 radical (unpaired) electrons. The van der Waals surface area contributed by atoms with Crippen LogP contribution in [0.1, 0.15) is 42.5 Å². The number of carbonyl (C=O) groups is 2. The molecule has 0 saturated carbocycles. The molecule has 0 aliphatic heterocycles. The molecule has 0 atom stereocenters. The Morgan fingerprint density at radius 3 is 2.15 bits per heavy atom. The summed E-state index contributed by atoms with van der Waals surface area (Å²) in [7, 11) is 2.75. The highest BCUT2D eigenvalue weighted by molar-refractivity contribution is 7.12. The molecule has 2 aromatic carbocycles. The van der Waals surface area contributed by atoms with Gasteiger partial charge in [0.15, 0.2) is 0 Å². The van der Waals surface area contributed by atoms with Gasteiger partial charge in [0, 0.05) is 33.7 Å². The average Bonchev–Trinajstić information content (AvgIpc) is 3.24. The smallest absolute Gasteiger partial charge is 0.337 e. The van der Waals surface area contributed by atoms with Gasteiger partial charge in [-0.05, 0) is 62.2 Å². The number of nitrogens with zero attached hydrogens (tertiary/aromatic N) is 1. The van der Waals surface area contributed by atoms with E-state index in [1.165, 1.54) is 29.5 Å². The molecule has 0 spiro atoms. The summed E-state index contributed by atoms with van der Waals surface area (Å²) in [5, 5.41) is 2.15. The van der Waals surface area contributed by atoms with Crippen LogP contribution in [-0.4, -0.2) is 32.4 Å². The number of aliphatic imine (C=N–C) groups is 1. The number of fused-ring (bicyclic) bond motifs is 1. The summed E-state index contributed by atoms with van der Waals surface area (Å²) in [6.07, 6.45) is 3.79. The van der Waals surface area contributed by atoms with E-state index in [2.05, 4.69) is 23.3 Å². The average molecular weight is 462 g/mol. The summed E-state index contributed by atoms with van der Waals surface area (Å²) >= 11 is 1.83. The number of nitrogens with two attached hydrogens (primary N) is 1. The van der Waals surface area contributed by atoms with Crippen LogP contribution in [0, 0.1) is 6.92 Å². The van der Waals surface area contributed by atoms with Crippen LogP contribution < -0.4 is 5.32 Å². The number of rotatable bonds is 6. The second kappa shape index (κ2) is 9.94. The Kier molecular flexibility index (Phi) is 6.82. The molecule has 6 nitrogen and oxygen atoms in total. The number of carbonyl (C=O) groups excluding carboxylic acids is 2. The lowest BCUT2D eigenvalue weighted by atomic mass is 9.95. The lowest BCUT2D eigenvalue weighted by Crippen LogP contribution is -2.75. The van der Waals surface area contributed by atoms with Crippen molar-refractivity contribution >= 4 is 46.6 Å². The van der Waals surface area contributed by atoms with Crippen molar-refractivity contribution in [3.8, 4) is 0 Å². The van der Waals surface area contributed by atoms with Gasteiger partial charge in [-0.25, -0.2) is 9.59 Å². The van der Waals surface area contributed by atoms with Crippen LogP contribution in [0.5, 0.6) is 0 Å². The number of thiophene rings is 1. The minimum absolute atomic E-state index is 0.347. The summed E-state index contributed by atoms with van der Waals surface area (Å²) in [6, 6.07) is 16.7. The molecule has 3 aromatic rings. The van der Waals surface area contributed by atoms with Gasteiger partial charge in [0.1, 0.15) is 11.4 Å². The van der Waals surface area contributed by atoms with E-state index in [1.54, 1.807) is 36.4 Å². The first-order valence-electron chi connectivity index (χ1n) is 10.6. The van der Waals surface area contributed by atoms with Gasteiger partial charge < -0.3 is 9.47 Å². The maximum atomic E-state index is 11.7. The maximum Gasteiger partial charge on any atom is 0.337 e. The Hall–Kier alpha value is -3.55. The van der Waals surface area contributed by atoms with Crippen molar-refractivity contribution in [1.82, 2.24) is 0 Å². The fourth-order valence-corrected chi connectivity index (χ4v) is 4.84. The Morgan fingerprint density at radius 1 is 0.939 bits per heavy atom. The first-order valence-corrected chi connectivity index (χ1v) is 11.4. The number of aryl methyl sites for hydroxylation is 2. The van der Waals surface area contributed by atoms with Crippen molar-refractivity contribution in [3.63, 3.8) is 0 Å². The van der Waals surface area contributed by atoms with Crippen molar-refractivity contribution in [2.24, 2.45) is 4.99 Å². The third-order valence-electron chi connectivity index (χ3n) is 5.49. The predicted octanol–water partition coefficient (Wildman–Crippen LogP) is 4.58. The second-order valence-corrected chi connectivity index (χ2v) is 9.03. The Bertz CT molecular complexity index is 1240. The number of hydrogen-bond donors (Lipinski definition) is 1. The highest BCUT2D eigenvalue weighted by Crippen LogP contribution is 2.34. The van der Waals surface area contributed by atoms with Crippen molar-refractivity contribution < 1.29 is 24.4 Å². The minimum Gasteiger partial charge on any atom is -0.465 e. The van der Waals surface area contributed by atoms with Gasteiger partial charge in [0.2, 0.25) is 0 Å². The first-order chi connectivity index (χ1) is 16.0. The Balaban J connectivity index is 1.64. The molecule has 168 valence electrons. The molecule has 1 heterocycles. The van der Waals surface area contributed by atoms with E-state index in [4.69, 9.17) is 9.47 Å². The van der Waals surface area contributed by atoms with E-state index < -0.39 is 0 Å². The van der Waals surface area contributed by atoms with E-state index >= 15 is 0 Å². The highest BCUT2D eigenvalue weighted by Gasteiger charge is 2.24. The lowest BCUT2D eigenvalue weighted by Gasteiger charge is -2.16. The summed E-state index contributed by atoms with van der Waals surface area (Å²) < 4.78 is 9.54. The molecular formula is C26H25N2O4S+. The monoisotopic (exact) mass is 461 g/mol. The fraction of sp³-hybridized carbons (Fsp3) is 0.192. The van der Waals surface area contributed by atoms with E-state index in [9.17, 15) is 9.59 Å². The standard InChI is InChI=1S/C26H24N2O4S/c1-16-14-22-23(33-16)13-8-19(15-27-20-9-4-17(5-10-20)25(29)31-2)24(22)28-21-11-6-18(7-12-21)26(30)32-3/h4-7,9-12,14-15,28H,8,13H2,1-3H3/p+1. The number of methoxy groups -OCH3 is 2. The van der Waals surface area contributed by atoms with Crippen LogP contribution in [0.4, 0.5) is 11.4 Å². The van der Waals surface area contributed by atoms with Crippen LogP contribution in [0.3, 0.4) is 0 Å². The molecule has 0 amide bonds. The lowest BCUT2D eigenvalue weighted by molar-refractivity contribution is -0.470. The molecule has 2 N–H and O–H groups in total. The molecule has 1 aromatic heterocycles. The van der Waals surface area contributed by atoms with E-state index in [0.29, 0.717) is 11.1 Å². The Labute approximate surface area is 196 Å². The Morgan fingerprint density at radius 2 is 1.55 bits per heavy atom. The summed E-state index contributed by atoms with van der Waals surface area (Å²) in [5.74, 6) is -0.712. The molecule has 1 aliphatic carbocycles. The van der Waals surface area contributed by atoms with E-state index in [1.807, 2.05) is 29.7 Å². The second-order valence-electron chi connectivity index (χ2n) is 7.69. The SMILES string of the molecule is COC(=O)c1ccc(N=CC2=C([NH2+]c3ccc(C(=O)OC)cc3)c3cc(C)sc3CC2)cc1. The number of quaternary nitrogens is 1. The molecule has 0 bridgehead atoms. The molecular weight excluding hydrogens is 436 g/mol. The third kappa shape index (κ3) is 5.10. The van der Waals surface area contributed by atoms with E-state index in [-0.39, 0.29) is 11.9 Å². The van der Waals surface area contributed by atoms with Gasteiger partial charge in [-0.15, -0.1) is 11.3 Å². The molecule has 0 unspecified atom stereocenters. The van der Waals surface area contributed by atoms with Crippen LogP contribution >= 0.6 is 11.3 Å². The normalized spacial score (nSPS) is 13.2. The van der Waals surface area contributed by atoms with Gasteiger partial charge in [-0.1, -0.05) is 0 Å². The van der Waals surface area contributed by atoms with Crippen LogP contribution in [0.2, 0.25) is 0 Å². The topological polar surface area (TPSA) is 81.6 Å². The number of esters is 2. The summed E-state index contributed by atoms with van der Waals surface area (Å²) in [6.45, 7) is 2.13. The van der Waals surface area contributed by atoms with Crippen molar-refractivity contribution in [2.75, 3.05) is 14.2 Å². The quantitative estimate of drug-likeness (QED) is 0.331. The third-order valence-corrected chi connectivity index (χ3v) is 6.60.